The molecule has 25 heavy (non-hydrogen) atoms. The van der Waals surface area contributed by atoms with Gasteiger partial charge in [0.05, 0.1) is 25.3 Å². The zero-order chi connectivity index (χ0) is 18.0. The minimum atomic E-state index is -0.467. The van der Waals surface area contributed by atoms with E-state index >= 15 is 0 Å². The van der Waals surface area contributed by atoms with Crippen LogP contribution in [0.25, 0.3) is 11.0 Å². The fraction of sp³-hybridized carbons (Fsp3) is 0.471. The molecule has 2 heterocycles. The topological polar surface area (TPSA) is 94.5 Å². The van der Waals surface area contributed by atoms with Gasteiger partial charge in [-0.25, -0.2) is 4.98 Å². The predicted molar refractivity (Wildman–Crippen MR) is 93.4 cm³/mol. The summed E-state index contributed by atoms with van der Waals surface area (Å²) < 4.78 is 11.9. The quantitative estimate of drug-likeness (QED) is 0.815. The van der Waals surface area contributed by atoms with E-state index in [0.717, 1.165) is 19.4 Å². The molecule has 8 nitrogen and oxygen atoms in total. The predicted octanol–water partition coefficient (Wildman–Crippen LogP) is 0.432. The van der Waals surface area contributed by atoms with Crippen molar-refractivity contribution in [2.24, 2.45) is 7.05 Å². The second-order valence-electron chi connectivity index (χ2n) is 6.02. The van der Waals surface area contributed by atoms with Gasteiger partial charge in [0.2, 0.25) is 0 Å². The van der Waals surface area contributed by atoms with Gasteiger partial charge >= 0.3 is 0 Å². The molecule has 1 atom stereocenters. The van der Waals surface area contributed by atoms with Gasteiger partial charge < -0.3 is 24.7 Å². The second kappa shape index (κ2) is 7.10. The van der Waals surface area contributed by atoms with Crippen molar-refractivity contribution in [1.82, 2.24) is 20.2 Å². The van der Waals surface area contributed by atoms with E-state index < -0.39 is 11.5 Å². The van der Waals surface area contributed by atoms with E-state index in [2.05, 4.69) is 15.6 Å². The molecule has 1 unspecified atom stereocenters. The summed E-state index contributed by atoms with van der Waals surface area (Å²) in [5.41, 5.74) is 0.484. The zero-order valence-corrected chi connectivity index (χ0v) is 14.6. The fourth-order valence-corrected chi connectivity index (χ4v) is 3.03. The van der Waals surface area contributed by atoms with Crippen LogP contribution in [0.15, 0.2) is 16.9 Å². The number of amides is 1. The van der Waals surface area contributed by atoms with Gasteiger partial charge in [-0.1, -0.05) is 0 Å². The lowest BCUT2D eigenvalue weighted by atomic mass is 10.2. The molecule has 8 heteroatoms. The Labute approximate surface area is 145 Å². The number of hydrogen-bond acceptors (Lipinski definition) is 6. The van der Waals surface area contributed by atoms with Crippen LogP contribution in [0.2, 0.25) is 0 Å². The Balaban J connectivity index is 1.96. The van der Waals surface area contributed by atoms with Crippen molar-refractivity contribution in [1.29, 1.82) is 0 Å². The van der Waals surface area contributed by atoms with Gasteiger partial charge in [0.25, 0.3) is 11.5 Å². The fourth-order valence-electron chi connectivity index (χ4n) is 3.03. The first-order valence-corrected chi connectivity index (χ1v) is 8.19. The molecule has 1 fully saturated rings. The Morgan fingerprint density at radius 3 is 2.72 bits per heavy atom. The summed E-state index contributed by atoms with van der Waals surface area (Å²) in [6.45, 7) is 1.44. The zero-order valence-electron chi connectivity index (χ0n) is 14.6. The smallest absolute Gasteiger partial charge is 0.282 e. The van der Waals surface area contributed by atoms with E-state index in [9.17, 15) is 9.59 Å². The minimum Gasteiger partial charge on any atom is -0.493 e. The van der Waals surface area contributed by atoms with Crippen molar-refractivity contribution in [3.05, 3.63) is 28.2 Å². The lowest BCUT2D eigenvalue weighted by molar-refractivity contribution is 0.0943. The van der Waals surface area contributed by atoms with Crippen LogP contribution in [0.1, 0.15) is 23.3 Å². The highest BCUT2D eigenvalue weighted by atomic mass is 16.5. The Hall–Kier alpha value is -2.61. The van der Waals surface area contributed by atoms with E-state index in [-0.39, 0.29) is 11.7 Å². The highest BCUT2D eigenvalue weighted by Gasteiger charge is 2.20. The normalized spacial score (nSPS) is 16.8. The third-order valence-electron chi connectivity index (χ3n) is 4.47. The van der Waals surface area contributed by atoms with Crippen LogP contribution < -0.4 is 25.7 Å². The Morgan fingerprint density at radius 2 is 2.08 bits per heavy atom. The summed E-state index contributed by atoms with van der Waals surface area (Å²) in [6, 6.07) is 3.58. The van der Waals surface area contributed by atoms with Crippen molar-refractivity contribution < 1.29 is 14.3 Å². The molecule has 0 spiro atoms. The van der Waals surface area contributed by atoms with Crippen LogP contribution in [-0.4, -0.2) is 48.8 Å². The van der Waals surface area contributed by atoms with Gasteiger partial charge in [0.1, 0.15) is 0 Å². The summed E-state index contributed by atoms with van der Waals surface area (Å²) in [6.07, 6.45) is 2.11. The molecular formula is C17H22N4O4. The van der Waals surface area contributed by atoms with E-state index in [1.54, 1.807) is 19.2 Å². The molecule has 1 aromatic heterocycles. The number of aryl methyl sites for hydroxylation is 1. The first-order valence-electron chi connectivity index (χ1n) is 8.19. The molecule has 0 radical (unpaired) electrons. The number of carbonyl (C=O) groups excluding carboxylic acids is 1. The number of rotatable bonds is 5. The summed E-state index contributed by atoms with van der Waals surface area (Å²) in [5, 5.41) is 6.09. The molecule has 0 saturated carbocycles. The second-order valence-corrected chi connectivity index (χ2v) is 6.02. The Kier molecular flexibility index (Phi) is 4.89. The number of nitrogens with one attached hydrogen (secondary N) is 2. The highest BCUT2D eigenvalue weighted by molar-refractivity contribution is 5.94. The number of nitrogens with zero attached hydrogens (tertiary/aromatic N) is 2. The lowest BCUT2D eigenvalue weighted by Gasteiger charge is -2.13. The van der Waals surface area contributed by atoms with E-state index in [4.69, 9.17) is 9.47 Å². The summed E-state index contributed by atoms with van der Waals surface area (Å²) in [7, 11) is 4.65. The van der Waals surface area contributed by atoms with Crippen LogP contribution in [0.3, 0.4) is 0 Å². The van der Waals surface area contributed by atoms with Gasteiger partial charge in [0.15, 0.2) is 17.2 Å². The third-order valence-corrected chi connectivity index (χ3v) is 4.47. The number of methoxy groups -OCH3 is 2. The van der Waals surface area contributed by atoms with Gasteiger partial charge in [-0.3, -0.25) is 9.59 Å². The molecule has 1 aromatic carbocycles. The summed E-state index contributed by atoms with van der Waals surface area (Å²) >= 11 is 0. The van der Waals surface area contributed by atoms with Crippen LogP contribution in [-0.2, 0) is 7.05 Å². The first-order chi connectivity index (χ1) is 12.0. The largest absolute Gasteiger partial charge is 0.493 e. The summed E-state index contributed by atoms with van der Waals surface area (Å²) in [5.74, 6) is 0.518. The third kappa shape index (κ3) is 3.30. The first kappa shape index (κ1) is 17.2. The standard InChI is InChI=1S/C17H22N4O4/c1-21-12-8-14(25-3)13(24-2)7-11(12)20-15(17(21)23)16(22)19-9-10-5-4-6-18-10/h7-8,10,18H,4-6,9H2,1-3H3,(H,19,22). The Bertz CT molecular complexity index is 856. The van der Waals surface area contributed by atoms with Gasteiger partial charge in [0, 0.05) is 31.8 Å². The number of ether oxygens (including phenoxy) is 2. The monoisotopic (exact) mass is 346 g/mol. The number of hydrogen-bond donors (Lipinski definition) is 2. The summed E-state index contributed by atoms with van der Waals surface area (Å²) in [4.78, 5) is 29.2. The molecule has 1 aliphatic heterocycles. The van der Waals surface area contributed by atoms with Crippen molar-refractivity contribution >= 4 is 16.9 Å². The van der Waals surface area contributed by atoms with Crippen LogP contribution >= 0.6 is 0 Å². The molecular weight excluding hydrogens is 324 g/mol. The van der Waals surface area contributed by atoms with E-state index in [1.165, 1.54) is 18.8 Å². The van der Waals surface area contributed by atoms with Gasteiger partial charge in [-0.15, -0.1) is 0 Å². The van der Waals surface area contributed by atoms with E-state index in [0.29, 0.717) is 29.1 Å². The van der Waals surface area contributed by atoms with E-state index in [1.807, 2.05) is 0 Å². The van der Waals surface area contributed by atoms with Crippen molar-refractivity contribution in [2.75, 3.05) is 27.3 Å². The molecule has 134 valence electrons. The molecule has 1 amide bonds. The molecule has 1 saturated heterocycles. The maximum Gasteiger partial charge on any atom is 0.282 e. The van der Waals surface area contributed by atoms with Crippen molar-refractivity contribution in [3.63, 3.8) is 0 Å². The number of aromatic nitrogens is 2. The van der Waals surface area contributed by atoms with Gasteiger partial charge in [-0.2, -0.15) is 0 Å². The molecule has 0 aliphatic carbocycles. The SMILES string of the molecule is COc1cc2nc(C(=O)NCC3CCCN3)c(=O)n(C)c2cc1OC. The maximum atomic E-state index is 12.5. The van der Waals surface area contributed by atoms with Crippen molar-refractivity contribution in [2.45, 2.75) is 18.9 Å². The number of benzene rings is 1. The molecule has 2 N–H and O–H groups in total. The highest BCUT2D eigenvalue weighted by Crippen LogP contribution is 2.30. The maximum absolute atomic E-state index is 12.5. The average Bonchev–Trinajstić information content (AvgIpc) is 3.15. The number of carbonyl (C=O) groups is 1. The van der Waals surface area contributed by atoms with Gasteiger partial charge in [-0.05, 0) is 19.4 Å². The molecule has 0 bridgehead atoms. The van der Waals surface area contributed by atoms with Crippen LogP contribution in [0.5, 0.6) is 11.5 Å². The molecule has 2 aromatic rings. The minimum absolute atomic E-state index is 0.125. The van der Waals surface area contributed by atoms with Crippen LogP contribution in [0, 0.1) is 0 Å². The molecule has 1 aliphatic rings. The number of fused-ring (bicyclic) bond motifs is 1. The Morgan fingerprint density at radius 1 is 1.36 bits per heavy atom. The lowest BCUT2D eigenvalue weighted by Crippen LogP contribution is -2.40. The molecule has 3 rings (SSSR count). The van der Waals surface area contributed by atoms with Crippen molar-refractivity contribution in [3.8, 4) is 11.5 Å². The average molecular weight is 346 g/mol. The van der Waals surface area contributed by atoms with Crippen LogP contribution in [0.4, 0.5) is 0 Å².